The number of nitrogens with one attached hydrogen (secondary N) is 4. The van der Waals surface area contributed by atoms with E-state index in [9.17, 15) is 14.0 Å². The summed E-state index contributed by atoms with van der Waals surface area (Å²) in [6, 6.07) is 17.9. The Hall–Kier alpha value is -3.76. The van der Waals surface area contributed by atoms with Crippen molar-refractivity contribution >= 4 is 23.3 Å². The summed E-state index contributed by atoms with van der Waals surface area (Å²) in [5, 5.41) is 15.6. The molecule has 2 saturated heterocycles. The first kappa shape index (κ1) is 23.0. The first-order chi connectivity index (χ1) is 17.0. The number of benzene rings is 2. The van der Waals surface area contributed by atoms with E-state index in [-0.39, 0.29) is 29.7 Å². The van der Waals surface area contributed by atoms with Crippen LogP contribution in [0.4, 0.5) is 15.9 Å². The van der Waals surface area contributed by atoms with Crippen LogP contribution in [0.5, 0.6) is 0 Å². The van der Waals surface area contributed by atoms with Gasteiger partial charge in [-0.25, -0.2) is 14.5 Å². The third-order valence-corrected chi connectivity index (χ3v) is 6.27. The number of anilines is 2. The molecular weight excluding hydrogens is 449 g/mol. The van der Waals surface area contributed by atoms with Gasteiger partial charge in [-0.2, -0.15) is 5.10 Å². The van der Waals surface area contributed by atoms with Crippen molar-refractivity contribution in [2.24, 2.45) is 5.92 Å². The first-order valence-electron chi connectivity index (χ1n) is 11.7. The van der Waals surface area contributed by atoms with E-state index in [1.54, 1.807) is 22.9 Å². The fourth-order valence-electron chi connectivity index (χ4n) is 4.55. The van der Waals surface area contributed by atoms with Gasteiger partial charge in [0.2, 0.25) is 11.8 Å². The molecule has 9 nitrogen and oxygen atoms in total. The number of halogens is 1. The number of hydrazine groups is 1. The van der Waals surface area contributed by atoms with Crippen LogP contribution in [0, 0.1) is 18.7 Å². The highest BCUT2D eigenvalue weighted by atomic mass is 19.1. The fraction of sp³-hybridized carbons (Fsp3) is 0.320. The molecule has 3 aromatic rings. The van der Waals surface area contributed by atoms with Crippen molar-refractivity contribution in [1.82, 2.24) is 25.8 Å². The highest BCUT2D eigenvalue weighted by Gasteiger charge is 2.45. The zero-order valence-electron chi connectivity index (χ0n) is 19.4. The Kier molecular flexibility index (Phi) is 6.47. The first-order valence-corrected chi connectivity index (χ1v) is 11.7. The quantitative estimate of drug-likeness (QED) is 0.417. The molecule has 4 N–H and O–H groups in total. The van der Waals surface area contributed by atoms with Crippen molar-refractivity contribution in [2.75, 3.05) is 16.9 Å². The summed E-state index contributed by atoms with van der Waals surface area (Å²) < 4.78 is 15.0. The van der Waals surface area contributed by atoms with Crippen LogP contribution in [-0.2, 0) is 16.0 Å². The molecule has 35 heavy (non-hydrogen) atoms. The van der Waals surface area contributed by atoms with Gasteiger partial charge in [-0.1, -0.05) is 30.3 Å². The van der Waals surface area contributed by atoms with E-state index in [0.29, 0.717) is 24.5 Å². The van der Waals surface area contributed by atoms with E-state index < -0.39 is 6.29 Å². The molecular formula is C25H28FN7O2. The number of aromatic nitrogens is 2. The maximum atomic E-state index is 13.4. The number of amides is 2. The van der Waals surface area contributed by atoms with Crippen molar-refractivity contribution in [3.05, 3.63) is 77.7 Å². The van der Waals surface area contributed by atoms with E-state index >= 15 is 0 Å². The molecule has 3 unspecified atom stereocenters. The molecule has 3 heterocycles. The molecule has 2 amide bonds. The molecule has 3 atom stereocenters. The molecule has 0 spiro atoms. The van der Waals surface area contributed by atoms with Gasteiger partial charge in [-0.05, 0) is 49.6 Å². The zero-order valence-corrected chi connectivity index (χ0v) is 19.4. The fourth-order valence-corrected chi connectivity index (χ4v) is 4.55. The van der Waals surface area contributed by atoms with Gasteiger partial charge in [0.05, 0.1) is 17.3 Å². The summed E-state index contributed by atoms with van der Waals surface area (Å²) in [6.45, 7) is 2.27. The second-order valence-corrected chi connectivity index (χ2v) is 8.84. The molecule has 2 aliphatic rings. The molecule has 0 radical (unpaired) electrons. The zero-order chi connectivity index (χ0) is 24.4. The average molecular weight is 478 g/mol. The van der Waals surface area contributed by atoms with Crippen molar-refractivity contribution in [1.29, 1.82) is 0 Å². The Morgan fingerprint density at radius 1 is 1.17 bits per heavy atom. The normalized spacial score (nSPS) is 21.5. The number of nitrogens with zero attached hydrogens (tertiary/aromatic N) is 3. The summed E-state index contributed by atoms with van der Waals surface area (Å²) in [7, 11) is 0. The molecule has 0 saturated carbocycles. The van der Waals surface area contributed by atoms with Crippen LogP contribution in [0.3, 0.4) is 0 Å². The molecule has 2 aliphatic heterocycles. The second-order valence-electron chi connectivity index (χ2n) is 8.84. The summed E-state index contributed by atoms with van der Waals surface area (Å²) in [4.78, 5) is 25.6. The van der Waals surface area contributed by atoms with Crippen molar-refractivity contribution < 1.29 is 14.0 Å². The second kappa shape index (κ2) is 9.85. The van der Waals surface area contributed by atoms with E-state index in [0.717, 1.165) is 18.5 Å². The number of fused-ring (bicyclic) bond motifs is 1. The van der Waals surface area contributed by atoms with Gasteiger partial charge in [0, 0.05) is 19.0 Å². The van der Waals surface area contributed by atoms with Crippen LogP contribution in [-0.4, -0.2) is 34.3 Å². The Balaban J connectivity index is 1.27. The van der Waals surface area contributed by atoms with Crippen LogP contribution in [0.2, 0.25) is 0 Å². The predicted octanol–water partition coefficient (Wildman–Crippen LogP) is 2.43. The van der Waals surface area contributed by atoms with E-state index in [1.165, 1.54) is 17.7 Å². The topological polar surface area (TPSA) is 103 Å². The van der Waals surface area contributed by atoms with Gasteiger partial charge < -0.3 is 10.6 Å². The Bertz CT molecular complexity index is 1200. The lowest BCUT2D eigenvalue weighted by molar-refractivity contribution is -0.129. The predicted molar refractivity (Wildman–Crippen MR) is 129 cm³/mol. The monoisotopic (exact) mass is 477 g/mol. The molecule has 5 rings (SSSR count). The Morgan fingerprint density at radius 3 is 2.71 bits per heavy atom. The Labute approximate surface area is 202 Å². The maximum Gasteiger partial charge on any atom is 0.230 e. The molecule has 2 fully saturated rings. The lowest BCUT2D eigenvalue weighted by Gasteiger charge is -2.37. The number of aryl methyl sites for hydroxylation is 2. The maximum absolute atomic E-state index is 13.4. The summed E-state index contributed by atoms with van der Waals surface area (Å²) in [5.74, 6) is -0.415. The number of rotatable bonds is 7. The van der Waals surface area contributed by atoms with Gasteiger partial charge in [0.25, 0.3) is 0 Å². The summed E-state index contributed by atoms with van der Waals surface area (Å²) in [6.07, 6.45) is 0.875. The van der Waals surface area contributed by atoms with Gasteiger partial charge in [-0.15, -0.1) is 0 Å². The smallest absolute Gasteiger partial charge is 0.230 e. The lowest BCUT2D eigenvalue weighted by Crippen LogP contribution is -2.61. The third-order valence-electron chi connectivity index (χ3n) is 6.27. The van der Waals surface area contributed by atoms with Crippen LogP contribution >= 0.6 is 0 Å². The SMILES string of the molecule is Cc1cc(NC(=O)CCCc2ccccc2)n(C2NC(=O)C3CNN(c4ccc(F)cc4)C3N2)n1. The standard InChI is InChI=1S/C25H28FN7O2/c1-16-14-21(28-22(34)9-5-8-17-6-3-2-4-7-17)33(31-16)25-29-23-20(24(35)30-25)15-27-32(23)19-12-10-18(26)11-13-19/h2-4,6-7,10-14,20,23,25,27,29H,5,8-9,15H2,1H3,(H,28,34)(H,30,35). The number of hydrogen-bond acceptors (Lipinski definition) is 6. The van der Waals surface area contributed by atoms with Gasteiger partial charge >= 0.3 is 0 Å². The average Bonchev–Trinajstić information content (AvgIpc) is 3.44. The Morgan fingerprint density at radius 2 is 1.94 bits per heavy atom. The minimum absolute atomic E-state index is 0.113. The summed E-state index contributed by atoms with van der Waals surface area (Å²) >= 11 is 0. The highest BCUT2D eigenvalue weighted by Crippen LogP contribution is 2.28. The van der Waals surface area contributed by atoms with Gasteiger partial charge in [0.1, 0.15) is 17.8 Å². The molecule has 0 bridgehead atoms. The van der Waals surface area contributed by atoms with E-state index in [2.05, 4.69) is 26.5 Å². The highest BCUT2D eigenvalue weighted by molar-refractivity contribution is 5.90. The van der Waals surface area contributed by atoms with Gasteiger partial charge in [-0.3, -0.25) is 19.9 Å². The molecule has 0 aliphatic carbocycles. The molecule has 1 aromatic heterocycles. The third kappa shape index (κ3) is 5.03. The lowest BCUT2D eigenvalue weighted by atomic mass is 10.0. The van der Waals surface area contributed by atoms with Crippen molar-refractivity contribution in [3.63, 3.8) is 0 Å². The minimum atomic E-state index is -0.667. The van der Waals surface area contributed by atoms with Crippen LogP contribution in [0.1, 0.15) is 30.4 Å². The van der Waals surface area contributed by atoms with Crippen LogP contribution < -0.4 is 26.4 Å². The van der Waals surface area contributed by atoms with Gasteiger partial charge in [0.15, 0.2) is 6.29 Å². The number of hydrogen-bond donors (Lipinski definition) is 4. The summed E-state index contributed by atoms with van der Waals surface area (Å²) in [5.41, 5.74) is 5.86. The number of carbonyl (C=O) groups is 2. The minimum Gasteiger partial charge on any atom is -0.321 e. The largest absolute Gasteiger partial charge is 0.321 e. The van der Waals surface area contributed by atoms with Crippen molar-refractivity contribution in [2.45, 2.75) is 38.6 Å². The van der Waals surface area contributed by atoms with E-state index in [4.69, 9.17) is 0 Å². The van der Waals surface area contributed by atoms with Crippen LogP contribution in [0.15, 0.2) is 60.7 Å². The number of carbonyl (C=O) groups excluding carboxylic acids is 2. The molecule has 10 heteroatoms. The molecule has 182 valence electrons. The molecule has 2 aromatic carbocycles. The van der Waals surface area contributed by atoms with E-state index in [1.807, 2.05) is 42.3 Å². The van der Waals surface area contributed by atoms with Crippen molar-refractivity contribution in [3.8, 4) is 0 Å². The van der Waals surface area contributed by atoms with Crippen LogP contribution in [0.25, 0.3) is 0 Å².